The summed E-state index contributed by atoms with van der Waals surface area (Å²) < 4.78 is 17.1. The van der Waals surface area contributed by atoms with Gasteiger partial charge in [0, 0.05) is 29.8 Å². The van der Waals surface area contributed by atoms with Crippen LogP contribution in [-0.4, -0.2) is 50.9 Å². The molecule has 5 radical (unpaired) electrons. The summed E-state index contributed by atoms with van der Waals surface area (Å²) >= 11 is -2.27. The molecule has 0 aliphatic rings. The van der Waals surface area contributed by atoms with Crippen LogP contribution in [0.5, 0.6) is 0 Å². The summed E-state index contributed by atoms with van der Waals surface area (Å²) in [7, 11) is 0. The fourth-order valence-electron chi connectivity index (χ4n) is 0. The molecule has 0 rings (SSSR count). The fraction of sp³-hybridized carbons (Fsp3) is 0. The molecule has 0 aromatic heterocycles. The quantitative estimate of drug-likeness (QED) is 0.436. The van der Waals surface area contributed by atoms with Gasteiger partial charge in [-0.05, 0) is 0 Å². The molecule has 2 nitrogen and oxygen atoms in total. The molecule has 0 bridgehead atoms. The molecule has 0 saturated carbocycles. The Labute approximate surface area is 56.9 Å². The van der Waals surface area contributed by atoms with E-state index in [9.17, 15) is 0 Å². The Morgan fingerprint density at radius 2 is 1.20 bits per heavy atom. The van der Waals surface area contributed by atoms with Crippen LogP contribution in [0.15, 0.2) is 0 Å². The van der Waals surface area contributed by atoms with Crippen LogP contribution in [0.25, 0.3) is 0 Å². The molecule has 0 aromatic rings. The minimum atomic E-state index is -2.27. The largest absolute Gasteiger partial charge is 0 e. The predicted octanol–water partition coefficient (Wildman–Crippen LogP) is -1.38. The van der Waals surface area contributed by atoms with Gasteiger partial charge in [-0.15, -0.1) is 0 Å². The zero-order chi connectivity index (χ0) is 2.71. The maximum atomic E-state index is 8.54. The summed E-state index contributed by atoms with van der Waals surface area (Å²) in [6.45, 7) is 0. The summed E-state index contributed by atoms with van der Waals surface area (Å²) in [5, 5.41) is 0. The van der Waals surface area contributed by atoms with Crippen molar-refractivity contribution in [2.24, 2.45) is 0 Å². The van der Waals surface area contributed by atoms with Gasteiger partial charge in [0.1, 0.15) is 0 Å². The summed E-state index contributed by atoms with van der Waals surface area (Å²) in [4.78, 5) is 0. The van der Waals surface area contributed by atoms with Crippen molar-refractivity contribution in [1.29, 1.82) is 0 Å². The second kappa shape index (κ2) is 18.9. The molecule has 0 N–H and O–H groups in total. The average molecular weight is 186 g/mol. The second-order valence-electron chi connectivity index (χ2n) is 0.0833. The average Bonchev–Trinajstić information content (AvgIpc) is 0.918. The molecular formula is LiO2SiSn. The Hall–Kier alpha value is 1.21. The van der Waals surface area contributed by atoms with E-state index in [-0.39, 0.29) is 29.8 Å². The van der Waals surface area contributed by atoms with Crippen LogP contribution in [0.2, 0.25) is 0 Å². The first kappa shape index (κ1) is 16.4. The van der Waals surface area contributed by atoms with E-state index in [1.807, 2.05) is 0 Å². The molecule has 0 saturated heterocycles. The van der Waals surface area contributed by atoms with Crippen LogP contribution in [0.3, 0.4) is 0 Å². The molecule has 0 amide bonds. The van der Waals surface area contributed by atoms with Gasteiger partial charge in [0.15, 0.2) is 0 Å². The Morgan fingerprint density at radius 3 is 1.20 bits per heavy atom. The second-order valence-corrected chi connectivity index (χ2v) is 0.559. The molecule has 5 heteroatoms. The Morgan fingerprint density at radius 1 is 1.20 bits per heavy atom. The van der Waals surface area contributed by atoms with Crippen LogP contribution < -0.4 is 0 Å². The van der Waals surface area contributed by atoms with Crippen LogP contribution in [0.4, 0.5) is 0 Å². The first-order valence-electron chi connectivity index (χ1n) is 0.408. The van der Waals surface area contributed by atoms with Crippen molar-refractivity contribution >= 4 is 50.9 Å². The zero-order valence-corrected chi connectivity index (χ0v) is 6.67. The van der Waals surface area contributed by atoms with E-state index < -0.39 is 21.1 Å². The Kier molecular flexibility index (Phi) is 61.8. The normalized spacial score (nSPS) is 1.60. The maximum absolute atomic E-state index is 8.54. The summed E-state index contributed by atoms with van der Waals surface area (Å²) in [6.07, 6.45) is 0. The van der Waals surface area contributed by atoms with E-state index in [0.29, 0.717) is 0 Å². The maximum Gasteiger partial charge on any atom is 0 e. The SMILES string of the molecule is [Li].[O]=[Sn]=[O].[Si]. The summed E-state index contributed by atoms with van der Waals surface area (Å²) in [6, 6.07) is 0. The van der Waals surface area contributed by atoms with E-state index in [1.54, 1.807) is 0 Å². The fourth-order valence-corrected chi connectivity index (χ4v) is 0. The number of hydrogen-bond donors (Lipinski definition) is 0. The van der Waals surface area contributed by atoms with Gasteiger partial charge in [0.2, 0.25) is 0 Å². The van der Waals surface area contributed by atoms with Crippen molar-refractivity contribution in [3.8, 4) is 0 Å². The molecule has 0 spiro atoms. The monoisotopic (exact) mass is 187 g/mol. The van der Waals surface area contributed by atoms with E-state index in [4.69, 9.17) is 6.15 Å². The van der Waals surface area contributed by atoms with Gasteiger partial charge in [-0.2, -0.15) is 0 Å². The topological polar surface area (TPSA) is 34.1 Å². The van der Waals surface area contributed by atoms with Crippen molar-refractivity contribution in [1.82, 2.24) is 0 Å². The van der Waals surface area contributed by atoms with E-state index in [0.717, 1.165) is 0 Å². The third-order valence-electron chi connectivity index (χ3n) is 0. The molecule has 0 heterocycles. The van der Waals surface area contributed by atoms with Gasteiger partial charge >= 0.3 is 27.3 Å². The number of hydrogen-bond acceptors (Lipinski definition) is 2. The number of rotatable bonds is 0. The Balaban J connectivity index is -0.0000000200. The first-order valence-corrected chi connectivity index (χ1v) is 2.74. The summed E-state index contributed by atoms with van der Waals surface area (Å²) in [5.74, 6) is 0. The molecule has 21 valence electrons. The van der Waals surface area contributed by atoms with Crippen LogP contribution in [0.1, 0.15) is 0 Å². The van der Waals surface area contributed by atoms with Crippen LogP contribution >= 0.6 is 0 Å². The molecular weight excluding hydrogens is 186 g/mol. The van der Waals surface area contributed by atoms with Gasteiger partial charge in [-0.1, -0.05) is 0 Å². The summed E-state index contributed by atoms with van der Waals surface area (Å²) in [5.41, 5.74) is 0. The molecule has 0 aliphatic carbocycles. The van der Waals surface area contributed by atoms with Crippen LogP contribution in [0, 0.1) is 0 Å². The Bertz CT molecular complexity index is 30.6. The van der Waals surface area contributed by atoms with Gasteiger partial charge in [-0.3, -0.25) is 0 Å². The van der Waals surface area contributed by atoms with Crippen molar-refractivity contribution in [3.63, 3.8) is 0 Å². The van der Waals surface area contributed by atoms with Crippen molar-refractivity contribution in [3.05, 3.63) is 0 Å². The van der Waals surface area contributed by atoms with Crippen molar-refractivity contribution in [2.75, 3.05) is 0 Å². The van der Waals surface area contributed by atoms with E-state index >= 15 is 0 Å². The third-order valence-corrected chi connectivity index (χ3v) is 0. The van der Waals surface area contributed by atoms with E-state index in [2.05, 4.69) is 0 Å². The predicted molar refractivity (Wildman–Crippen MR) is 18.6 cm³/mol. The van der Waals surface area contributed by atoms with Crippen molar-refractivity contribution < 1.29 is 6.15 Å². The molecule has 5 heavy (non-hydrogen) atoms. The van der Waals surface area contributed by atoms with Gasteiger partial charge in [0.25, 0.3) is 0 Å². The minimum absolute atomic E-state index is 0. The molecule has 0 aliphatic heterocycles. The minimum Gasteiger partial charge on any atom is 0 e. The molecule has 0 unspecified atom stereocenters. The first-order chi connectivity index (χ1) is 1.41. The van der Waals surface area contributed by atoms with Gasteiger partial charge in [0.05, 0.1) is 0 Å². The molecule has 0 atom stereocenters. The molecule has 0 fully saturated rings. The van der Waals surface area contributed by atoms with Gasteiger partial charge in [-0.25, -0.2) is 0 Å². The standard InChI is InChI=1S/Li.2O.Si.Sn. The van der Waals surface area contributed by atoms with E-state index in [1.165, 1.54) is 0 Å². The third kappa shape index (κ3) is 36.6. The zero-order valence-electron chi connectivity index (χ0n) is 2.82. The van der Waals surface area contributed by atoms with Gasteiger partial charge < -0.3 is 0 Å². The molecule has 0 aromatic carbocycles. The van der Waals surface area contributed by atoms with Crippen molar-refractivity contribution in [2.45, 2.75) is 0 Å². The smallest absolute Gasteiger partial charge is 0 e. The van der Waals surface area contributed by atoms with Crippen LogP contribution in [-0.2, 0) is 6.15 Å².